The van der Waals surface area contributed by atoms with Crippen molar-refractivity contribution in [1.82, 2.24) is 0 Å². The van der Waals surface area contributed by atoms with Crippen molar-refractivity contribution in [2.24, 2.45) is 4.99 Å². The second-order valence-corrected chi connectivity index (χ2v) is 5.50. The lowest BCUT2D eigenvalue weighted by atomic mass is 9.66. The summed E-state index contributed by atoms with van der Waals surface area (Å²) < 4.78 is 0. The first kappa shape index (κ1) is 10.8. The van der Waals surface area contributed by atoms with Crippen LogP contribution in [0.15, 0.2) is 41.4 Å². The highest BCUT2D eigenvalue weighted by Gasteiger charge is 2.43. The van der Waals surface area contributed by atoms with Gasteiger partial charge in [-0.25, -0.2) is 0 Å². The van der Waals surface area contributed by atoms with Crippen molar-refractivity contribution in [2.45, 2.75) is 44.4 Å². The first-order valence-electron chi connectivity index (χ1n) is 6.54. The Kier molecular flexibility index (Phi) is 2.43. The number of nitrogens with zero attached hydrogens (tertiary/aromatic N) is 1. The number of allylic oxidation sites excluding steroid dienone is 1. The Morgan fingerprint density at radius 1 is 1.35 bits per heavy atom. The molecule has 0 amide bonds. The molecule has 0 radical (unpaired) electrons. The van der Waals surface area contributed by atoms with Gasteiger partial charge >= 0.3 is 0 Å². The van der Waals surface area contributed by atoms with Crippen LogP contribution in [-0.4, -0.2) is 5.71 Å². The summed E-state index contributed by atoms with van der Waals surface area (Å²) >= 11 is 0. The van der Waals surface area contributed by atoms with E-state index in [9.17, 15) is 0 Å². The third-order valence-electron chi connectivity index (χ3n) is 4.10. The van der Waals surface area contributed by atoms with Crippen LogP contribution in [0.1, 0.15) is 44.6 Å². The number of hydrogen-bond acceptors (Lipinski definition) is 1. The molecule has 1 aliphatic heterocycles. The SMILES string of the molecule is C=C(C)C[C@@]12CCCCC1=Nc1ccccc12. The predicted molar refractivity (Wildman–Crippen MR) is 73.1 cm³/mol. The monoisotopic (exact) mass is 225 g/mol. The zero-order valence-electron chi connectivity index (χ0n) is 10.5. The number of para-hydroxylation sites is 1. The van der Waals surface area contributed by atoms with Gasteiger partial charge in [0.05, 0.1) is 5.69 Å². The third kappa shape index (κ3) is 1.56. The minimum Gasteiger partial charge on any atom is -0.257 e. The van der Waals surface area contributed by atoms with Gasteiger partial charge in [0.15, 0.2) is 0 Å². The largest absolute Gasteiger partial charge is 0.257 e. The van der Waals surface area contributed by atoms with Crippen LogP contribution in [0.5, 0.6) is 0 Å². The van der Waals surface area contributed by atoms with Gasteiger partial charge in [-0.1, -0.05) is 30.2 Å². The molecule has 1 aromatic rings. The van der Waals surface area contributed by atoms with Crippen LogP contribution in [0.4, 0.5) is 5.69 Å². The van der Waals surface area contributed by atoms with Crippen molar-refractivity contribution in [1.29, 1.82) is 0 Å². The number of rotatable bonds is 2. The van der Waals surface area contributed by atoms with E-state index in [2.05, 4.69) is 37.8 Å². The maximum absolute atomic E-state index is 4.87. The van der Waals surface area contributed by atoms with Gasteiger partial charge < -0.3 is 0 Å². The maximum Gasteiger partial charge on any atom is 0.0671 e. The van der Waals surface area contributed by atoms with Crippen LogP contribution in [0.25, 0.3) is 0 Å². The summed E-state index contributed by atoms with van der Waals surface area (Å²) in [6.45, 7) is 6.26. The average molecular weight is 225 g/mol. The zero-order chi connectivity index (χ0) is 11.9. The van der Waals surface area contributed by atoms with E-state index in [1.54, 1.807) is 0 Å². The summed E-state index contributed by atoms with van der Waals surface area (Å²) in [7, 11) is 0. The van der Waals surface area contributed by atoms with E-state index in [1.165, 1.54) is 48.2 Å². The van der Waals surface area contributed by atoms with Crippen molar-refractivity contribution in [2.75, 3.05) is 0 Å². The van der Waals surface area contributed by atoms with E-state index in [0.29, 0.717) is 0 Å². The Morgan fingerprint density at radius 3 is 3.00 bits per heavy atom. The summed E-state index contributed by atoms with van der Waals surface area (Å²) in [4.78, 5) is 4.87. The molecule has 0 spiro atoms. The van der Waals surface area contributed by atoms with Gasteiger partial charge in [-0.15, -0.1) is 6.58 Å². The lowest BCUT2D eigenvalue weighted by molar-refractivity contribution is 0.459. The van der Waals surface area contributed by atoms with Gasteiger partial charge in [0.25, 0.3) is 0 Å². The molecular formula is C16H19N. The van der Waals surface area contributed by atoms with Gasteiger partial charge in [0.2, 0.25) is 0 Å². The van der Waals surface area contributed by atoms with Crippen molar-refractivity contribution >= 4 is 11.4 Å². The number of aliphatic imine (C=N–C) groups is 1. The molecule has 1 heteroatoms. The van der Waals surface area contributed by atoms with Crippen LogP contribution >= 0.6 is 0 Å². The molecule has 0 N–H and O–H groups in total. The highest BCUT2D eigenvalue weighted by Crippen LogP contribution is 2.50. The maximum atomic E-state index is 4.87. The van der Waals surface area contributed by atoms with Gasteiger partial charge in [-0.2, -0.15) is 0 Å². The summed E-state index contributed by atoms with van der Waals surface area (Å²) in [5.74, 6) is 0. The average Bonchev–Trinajstić information content (AvgIpc) is 2.62. The van der Waals surface area contributed by atoms with E-state index in [0.717, 1.165) is 6.42 Å². The predicted octanol–water partition coefficient (Wildman–Crippen LogP) is 4.55. The standard InChI is InChI=1S/C16H19N/c1-12(2)11-16-10-6-5-9-15(16)17-14-8-4-3-7-13(14)16/h3-4,7-8H,1,5-6,9-11H2,2H3/t16-/m1/s1. The lowest BCUT2D eigenvalue weighted by Crippen LogP contribution is -2.36. The minimum absolute atomic E-state index is 0.195. The van der Waals surface area contributed by atoms with E-state index in [4.69, 9.17) is 4.99 Å². The van der Waals surface area contributed by atoms with Gasteiger partial charge in [0.1, 0.15) is 0 Å². The Bertz CT molecular complexity index is 498. The van der Waals surface area contributed by atoms with Crippen molar-refractivity contribution in [3.8, 4) is 0 Å². The molecule has 1 atom stereocenters. The first-order chi connectivity index (χ1) is 8.22. The molecule has 1 aliphatic carbocycles. The molecule has 1 saturated carbocycles. The summed E-state index contributed by atoms with van der Waals surface area (Å²) in [6.07, 6.45) is 6.10. The molecule has 0 saturated heterocycles. The highest BCUT2D eigenvalue weighted by atomic mass is 14.8. The second-order valence-electron chi connectivity index (χ2n) is 5.50. The summed E-state index contributed by atoms with van der Waals surface area (Å²) in [5, 5.41) is 0. The summed E-state index contributed by atoms with van der Waals surface area (Å²) in [6, 6.07) is 8.65. The minimum atomic E-state index is 0.195. The molecule has 3 rings (SSSR count). The van der Waals surface area contributed by atoms with Gasteiger partial charge in [0, 0.05) is 11.1 Å². The fourth-order valence-electron chi connectivity index (χ4n) is 3.48. The first-order valence-corrected chi connectivity index (χ1v) is 6.54. The molecule has 88 valence electrons. The normalized spacial score (nSPS) is 26.1. The van der Waals surface area contributed by atoms with E-state index >= 15 is 0 Å². The molecule has 0 bridgehead atoms. The lowest BCUT2D eigenvalue weighted by Gasteiger charge is -2.36. The van der Waals surface area contributed by atoms with Gasteiger partial charge in [-0.3, -0.25) is 4.99 Å². The molecule has 1 aromatic carbocycles. The van der Waals surface area contributed by atoms with Gasteiger partial charge in [-0.05, 0) is 44.2 Å². The molecule has 1 heterocycles. The number of benzene rings is 1. The van der Waals surface area contributed by atoms with Crippen LogP contribution < -0.4 is 0 Å². The van der Waals surface area contributed by atoms with E-state index in [1.807, 2.05) is 0 Å². The smallest absolute Gasteiger partial charge is 0.0671 e. The Morgan fingerprint density at radius 2 is 2.18 bits per heavy atom. The Labute approximate surface area is 103 Å². The zero-order valence-corrected chi connectivity index (χ0v) is 10.5. The van der Waals surface area contributed by atoms with Crippen LogP contribution in [0.3, 0.4) is 0 Å². The number of hydrogen-bond donors (Lipinski definition) is 0. The molecule has 0 aromatic heterocycles. The molecule has 2 aliphatic rings. The number of fused-ring (bicyclic) bond motifs is 3. The van der Waals surface area contributed by atoms with E-state index in [-0.39, 0.29) is 5.41 Å². The molecule has 17 heavy (non-hydrogen) atoms. The quantitative estimate of drug-likeness (QED) is 0.655. The molecule has 1 nitrogen and oxygen atoms in total. The van der Waals surface area contributed by atoms with E-state index < -0.39 is 0 Å². The van der Waals surface area contributed by atoms with Crippen LogP contribution in [-0.2, 0) is 5.41 Å². The topological polar surface area (TPSA) is 12.4 Å². The third-order valence-corrected chi connectivity index (χ3v) is 4.10. The van der Waals surface area contributed by atoms with Crippen molar-refractivity contribution in [3.05, 3.63) is 42.0 Å². The summed E-state index contributed by atoms with van der Waals surface area (Å²) in [5.41, 5.74) is 5.52. The van der Waals surface area contributed by atoms with Crippen LogP contribution in [0, 0.1) is 0 Å². The fourth-order valence-corrected chi connectivity index (χ4v) is 3.48. The van der Waals surface area contributed by atoms with Crippen molar-refractivity contribution < 1.29 is 0 Å². The Balaban J connectivity index is 2.13. The second kappa shape index (κ2) is 3.83. The fraction of sp³-hybridized carbons (Fsp3) is 0.438. The molecule has 1 fully saturated rings. The molecule has 0 unspecified atom stereocenters. The highest BCUT2D eigenvalue weighted by molar-refractivity contribution is 6.02. The Hall–Kier alpha value is -1.37. The van der Waals surface area contributed by atoms with Crippen LogP contribution in [0.2, 0.25) is 0 Å². The van der Waals surface area contributed by atoms with Crippen molar-refractivity contribution in [3.63, 3.8) is 0 Å². The molecular weight excluding hydrogens is 206 g/mol.